The average molecular weight is 369 g/mol. The van der Waals surface area contributed by atoms with Gasteiger partial charge in [0.15, 0.2) is 0 Å². The summed E-state index contributed by atoms with van der Waals surface area (Å²) in [5.74, 6) is -0.144. The molecule has 0 aliphatic carbocycles. The van der Waals surface area contributed by atoms with E-state index in [0.717, 1.165) is 11.1 Å². The molecule has 3 heteroatoms. The molecular weight excluding hydrogens is 352 g/mol. The molecule has 0 heterocycles. The van der Waals surface area contributed by atoms with Crippen LogP contribution in [0.3, 0.4) is 0 Å². The SMILES string of the molecule is Cc1cc(C(N)c2cccc(C)c2I)cc(C)c1F. The molecule has 1 atom stereocenters. The van der Waals surface area contributed by atoms with E-state index in [4.69, 9.17) is 5.73 Å². The molecule has 0 bridgehead atoms. The lowest BCUT2D eigenvalue weighted by atomic mass is 9.95. The maximum atomic E-state index is 13.7. The Morgan fingerprint density at radius 2 is 1.63 bits per heavy atom. The number of aryl methyl sites for hydroxylation is 3. The van der Waals surface area contributed by atoms with Crippen molar-refractivity contribution in [2.75, 3.05) is 0 Å². The van der Waals surface area contributed by atoms with Gasteiger partial charge in [-0.25, -0.2) is 4.39 Å². The highest BCUT2D eigenvalue weighted by atomic mass is 127. The van der Waals surface area contributed by atoms with E-state index in [-0.39, 0.29) is 11.9 Å². The fourth-order valence-corrected chi connectivity index (χ4v) is 2.94. The Labute approximate surface area is 127 Å². The van der Waals surface area contributed by atoms with Gasteiger partial charge in [0, 0.05) is 3.57 Å². The first kappa shape index (κ1) is 14.5. The Morgan fingerprint density at radius 3 is 2.21 bits per heavy atom. The predicted octanol–water partition coefficient (Wildman–Crippen LogP) is 4.40. The molecule has 2 aromatic rings. The van der Waals surface area contributed by atoms with Crippen LogP contribution in [0.5, 0.6) is 0 Å². The van der Waals surface area contributed by atoms with E-state index in [0.29, 0.717) is 11.1 Å². The molecule has 2 rings (SSSR count). The fraction of sp³-hybridized carbons (Fsp3) is 0.250. The Kier molecular flexibility index (Phi) is 4.26. The lowest BCUT2D eigenvalue weighted by Crippen LogP contribution is -2.14. The average Bonchev–Trinajstić information content (AvgIpc) is 2.38. The van der Waals surface area contributed by atoms with Crippen molar-refractivity contribution in [3.05, 3.63) is 67.5 Å². The monoisotopic (exact) mass is 369 g/mol. The number of hydrogen-bond acceptors (Lipinski definition) is 1. The van der Waals surface area contributed by atoms with Crippen molar-refractivity contribution in [3.63, 3.8) is 0 Å². The minimum absolute atomic E-state index is 0.144. The van der Waals surface area contributed by atoms with Crippen molar-refractivity contribution in [2.45, 2.75) is 26.8 Å². The summed E-state index contributed by atoms with van der Waals surface area (Å²) in [5, 5.41) is 0. The Bertz CT molecular complexity index is 599. The summed E-state index contributed by atoms with van der Waals surface area (Å²) in [6, 6.07) is 9.57. The second-order valence-corrected chi connectivity index (χ2v) is 6.00. The standard InChI is InChI=1S/C16H17FIN/c1-9-5-4-6-13(15(9)18)16(19)12-7-10(2)14(17)11(3)8-12/h4-8,16H,19H2,1-3H3. The normalized spacial score (nSPS) is 12.5. The number of hydrogen-bond donors (Lipinski definition) is 1. The molecule has 2 N–H and O–H groups in total. The smallest absolute Gasteiger partial charge is 0.129 e. The van der Waals surface area contributed by atoms with Gasteiger partial charge in [-0.15, -0.1) is 0 Å². The quantitative estimate of drug-likeness (QED) is 0.780. The van der Waals surface area contributed by atoms with Crippen LogP contribution >= 0.6 is 22.6 Å². The van der Waals surface area contributed by atoms with Crippen molar-refractivity contribution >= 4 is 22.6 Å². The topological polar surface area (TPSA) is 26.0 Å². The molecule has 0 spiro atoms. The molecule has 2 aromatic carbocycles. The molecule has 1 nitrogen and oxygen atoms in total. The van der Waals surface area contributed by atoms with E-state index < -0.39 is 0 Å². The molecule has 0 radical (unpaired) electrons. The van der Waals surface area contributed by atoms with Crippen LogP contribution in [0.15, 0.2) is 30.3 Å². The molecule has 0 saturated heterocycles. The maximum Gasteiger partial charge on any atom is 0.129 e. The number of rotatable bonds is 2. The molecular formula is C16H17FIN. The summed E-state index contributed by atoms with van der Waals surface area (Å²) in [6.45, 7) is 5.62. The second-order valence-electron chi connectivity index (χ2n) is 4.92. The van der Waals surface area contributed by atoms with Crippen LogP contribution < -0.4 is 5.73 Å². The van der Waals surface area contributed by atoms with Crippen molar-refractivity contribution < 1.29 is 4.39 Å². The van der Waals surface area contributed by atoms with Crippen molar-refractivity contribution in [1.29, 1.82) is 0 Å². The Morgan fingerprint density at radius 1 is 1.05 bits per heavy atom. The first-order valence-electron chi connectivity index (χ1n) is 6.19. The fourth-order valence-electron chi connectivity index (χ4n) is 2.25. The van der Waals surface area contributed by atoms with Crippen LogP contribution in [-0.4, -0.2) is 0 Å². The lowest BCUT2D eigenvalue weighted by molar-refractivity contribution is 0.607. The van der Waals surface area contributed by atoms with Gasteiger partial charge in [0.05, 0.1) is 6.04 Å². The molecule has 0 aliphatic rings. The van der Waals surface area contributed by atoms with Crippen LogP contribution in [0, 0.1) is 30.2 Å². The first-order chi connectivity index (χ1) is 8.91. The third-order valence-corrected chi connectivity index (χ3v) is 4.85. The molecule has 100 valence electrons. The number of benzene rings is 2. The summed E-state index contributed by atoms with van der Waals surface area (Å²) in [5.41, 5.74) is 10.9. The van der Waals surface area contributed by atoms with Crippen molar-refractivity contribution in [2.24, 2.45) is 5.73 Å². The number of nitrogens with two attached hydrogens (primary N) is 1. The maximum absolute atomic E-state index is 13.7. The van der Waals surface area contributed by atoms with Crippen molar-refractivity contribution in [1.82, 2.24) is 0 Å². The molecule has 19 heavy (non-hydrogen) atoms. The van der Waals surface area contributed by atoms with Gasteiger partial charge >= 0.3 is 0 Å². The van der Waals surface area contributed by atoms with Crippen LogP contribution in [0.1, 0.15) is 33.9 Å². The lowest BCUT2D eigenvalue weighted by Gasteiger charge is -2.17. The van der Waals surface area contributed by atoms with E-state index in [1.807, 2.05) is 24.3 Å². The molecule has 0 saturated carbocycles. The largest absolute Gasteiger partial charge is 0.320 e. The number of halogens is 2. The van der Waals surface area contributed by atoms with Gasteiger partial charge in [-0.1, -0.05) is 30.3 Å². The Hall–Kier alpha value is -0.940. The zero-order valence-electron chi connectivity index (χ0n) is 11.3. The second kappa shape index (κ2) is 5.59. The summed E-state index contributed by atoms with van der Waals surface area (Å²) < 4.78 is 14.9. The molecule has 0 fully saturated rings. The molecule has 1 unspecified atom stereocenters. The van der Waals surface area contributed by atoms with Gasteiger partial charge in [0.25, 0.3) is 0 Å². The highest BCUT2D eigenvalue weighted by molar-refractivity contribution is 14.1. The van der Waals surface area contributed by atoms with E-state index in [9.17, 15) is 4.39 Å². The van der Waals surface area contributed by atoms with E-state index in [1.54, 1.807) is 13.8 Å². The molecule has 0 aliphatic heterocycles. The van der Waals surface area contributed by atoms with Gasteiger partial charge in [0.2, 0.25) is 0 Å². The van der Waals surface area contributed by atoms with Gasteiger partial charge in [-0.3, -0.25) is 0 Å². The zero-order chi connectivity index (χ0) is 14.2. The minimum Gasteiger partial charge on any atom is -0.320 e. The molecule has 0 aromatic heterocycles. The third kappa shape index (κ3) is 2.82. The van der Waals surface area contributed by atoms with Gasteiger partial charge in [-0.2, -0.15) is 0 Å². The Balaban J connectivity index is 2.50. The summed E-state index contributed by atoms with van der Waals surface area (Å²) in [7, 11) is 0. The highest BCUT2D eigenvalue weighted by Gasteiger charge is 2.15. The van der Waals surface area contributed by atoms with E-state index in [2.05, 4.69) is 35.6 Å². The summed E-state index contributed by atoms with van der Waals surface area (Å²) >= 11 is 2.32. The van der Waals surface area contributed by atoms with Crippen LogP contribution in [-0.2, 0) is 0 Å². The highest BCUT2D eigenvalue weighted by Crippen LogP contribution is 2.28. The minimum atomic E-state index is -0.218. The van der Waals surface area contributed by atoms with Gasteiger partial charge in [0.1, 0.15) is 5.82 Å². The zero-order valence-corrected chi connectivity index (χ0v) is 13.5. The van der Waals surface area contributed by atoms with Crippen LogP contribution in [0.2, 0.25) is 0 Å². The molecule has 0 amide bonds. The van der Waals surface area contributed by atoms with Crippen LogP contribution in [0.25, 0.3) is 0 Å². The van der Waals surface area contributed by atoms with Crippen LogP contribution in [0.4, 0.5) is 4.39 Å². The predicted molar refractivity (Wildman–Crippen MR) is 85.8 cm³/mol. The van der Waals surface area contributed by atoms with E-state index >= 15 is 0 Å². The van der Waals surface area contributed by atoms with Crippen molar-refractivity contribution in [3.8, 4) is 0 Å². The first-order valence-corrected chi connectivity index (χ1v) is 7.27. The van der Waals surface area contributed by atoms with Gasteiger partial charge < -0.3 is 5.73 Å². The summed E-state index contributed by atoms with van der Waals surface area (Å²) in [6.07, 6.45) is 0. The summed E-state index contributed by atoms with van der Waals surface area (Å²) in [4.78, 5) is 0. The van der Waals surface area contributed by atoms with E-state index in [1.165, 1.54) is 9.13 Å². The third-order valence-electron chi connectivity index (χ3n) is 3.37. The van der Waals surface area contributed by atoms with Gasteiger partial charge in [-0.05, 0) is 71.2 Å².